The summed E-state index contributed by atoms with van der Waals surface area (Å²) >= 11 is 11.7. The van der Waals surface area contributed by atoms with Gasteiger partial charge in [0, 0.05) is 26.8 Å². The summed E-state index contributed by atoms with van der Waals surface area (Å²) in [5.74, 6) is -0.367. The molecule has 0 heterocycles. The molecular weight excluding hydrogens is 300 g/mol. The highest BCUT2D eigenvalue weighted by Gasteiger charge is 2.17. The average Bonchev–Trinajstić information content (AvgIpc) is 2.38. The Kier molecular flexibility index (Phi) is 4.67. The second-order valence-corrected chi connectivity index (χ2v) is 4.92. The fourth-order valence-corrected chi connectivity index (χ4v) is 2.12. The van der Waals surface area contributed by atoms with Crippen LogP contribution in [-0.4, -0.2) is 23.1 Å². The largest absolute Gasteiger partial charge is 0.489 e. The highest BCUT2D eigenvalue weighted by molar-refractivity contribution is 6.62. The van der Waals surface area contributed by atoms with Gasteiger partial charge in [-0.15, -0.1) is 0 Å². The van der Waals surface area contributed by atoms with Crippen molar-refractivity contribution in [3.05, 3.63) is 58.1 Å². The van der Waals surface area contributed by atoms with Gasteiger partial charge in [0.1, 0.15) is 0 Å². The Balaban J connectivity index is 2.19. The third kappa shape index (κ3) is 3.52. The molecule has 3 N–H and O–H groups in total. The van der Waals surface area contributed by atoms with Crippen molar-refractivity contribution in [2.24, 2.45) is 0 Å². The molecule has 0 aliphatic rings. The highest BCUT2D eigenvalue weighted by atomic mass is 35.5. The minimum absolute atomic E-state index is 0.110. The van der Waals surface area contributed by atoms with Gasteiger partial charge in [-0.25, -0.2) is 0 Å². The van der Waals surface area contributed by atoms with Crippen molar-refractivity contribution in [2.45, 2.75) is 0 Å². The van der Waals surface area contributed by atoms with E-state index in [2.05, 4.69) is 5.32 Å². The number of hydrogen-bond donors (Lipinski definition) is 3. The predicted molar refractivity (Wildman–Crippen MR) is 80.7 cm³/mol. The first-order chi connectivity index (χ1) is 9.47. The van der Waals surface area contributed by atoms with E-state index in [1.165, 1.54) is 18.2 Å². The van der Waals surface area contributed by atoms with Crippen LogP contribution in [0, 0.1) is 0 Å². The Hall–Kier alpha value is -1.53. The van der Waals surface area contributed by atoms with E-state index in [1.54, 1.807) is 24.3 Å². The third-order valence-corrected chi connectivity index (χ3v) is 3.19. The number of hydrogen-bond acceptors (Lipinski definition) is 3. The van der Waals surface area contributed by atoms with Crippen molar-refractivity contribution in [3.63, 3.8) is 0 Å². The van der Waals surface area contributed by atoms with Crippen LogP contribution in [0.3, 0.4) is 0 Å². The van der Waals surface area contributed by atoms with E-state index in [0.29, 0.717) is 16.3 Å². The standard InChI is InChI=1S/C13H10BCl2NO3/c15-9-2-1-3-10(7-9)17-13(18)8-4-5-11(14(19)20)12(16)6-8/h1-7,19-20H,(H,17,18). The normalized spacial score (nSPS) is 10.2. The van der Waals surface area contributed by atoms with Crippen LogP contribution in [0.4, 0.5) is 5.69 Å². The van der Waals surface area contributed by atoms with Gasteiger partial charge in [0.05, 0.1) is 0 Å². The lowest BCUT2D eigenvalue weighted by atomic mass is 9.80. The minimum Gasteiger partial charge on any atom is -0.423 e. The van der Waals surface area contributed by atoms with Crippen LogP contribution in [0.2, 0.25) is 10.0 Å². The first kappa shape index (κ1) is 14.9. The molecule has 0 saturated carbocycles. The lowest BCUT2D eigenvalue weighted by Gasteiger charge is -2.08. The molecule has 0 aromatic heterocycles. The molecule has 0 aliphatic carbocycles. The lowest BCUT2D eigenvalue weighted by Crippen LogP contribution is -2.31. The van der Waals surface area contributed by atoms with Gasteiger partial charge < -0.3 is 15.4 Å². The molecule has 0 aliphatic heterocycles. The smallest absolute Gasteiger partial charge is 0.423 e. The summed E-state index contributed by atoms with van der Waals surface area (Å²) in [5, 5.41) is 21.4. The molecule has 0 atom stereocenters. The van der Waals surface area contributed by atoms with Gasteiger partial charge in [-0.05, 0) is 30.3 Å². The molecule has 0 spiro atoms. The van der Waals surface area contributed by atoms with Crippen molar-refractivity contribution in [1.82, 2.24) is 0 Å². The molecule has 4 nitrogen and oxygen atoms in total. The van der Waals surface area contributed by atoms with Gasteiger partial charge in [-0.1, -0.05) is 35.3 Å². The molecule has 2 aromatic rings. The fourth-order valence-electron chi connectivity index (χ4n) is 1.65. The summed E-state index contributed by atoms with van der Waals surface area (Å²) in [7, 11) is -1.67. The van der Waals surface area contributed by atoms with E-state index in [9.17, 15) is 4.79 Å². The minimum atomic E-state index is -1.67. The Morgan fingerprint density at radius 2 is 1.85 bits per heavy atom. The molecule has 2 rings (SSSR count). The Bertz CT molecular complexity index is 649. The van der Waals surface area contributed by atoms with Gasteiger partial charge in [0.25, 0.3) is 5.91 Å². The Morgan fingerprint density at radius 1 is 1.10 bits per heavy atom. The van der Waals surface area contributed by atoms with E-state index >= 15 is 0 Å². The van der Waals surface area contributed by atoms with Crippen LogP contribution in [-0.2, 0) is 0 Å². The number of halogens is 2. The van der Waals surface area contributed by atoms with Crippen molar-refractivity contribution in [2.75, 3.05) is 5.32 Å². The van der Waals surface area contributed by atoms with E-state index in [0.717, 1.165) is 0 Å². The van der Waals surface area contributed by atoms with Crippen LogP contribution in [0.15, 0.2) is 42.5 Å². The van der Waals surface area contributed by atoms with E-state index in [-0.39, 0.29) is 16.4 Å². The molecule has 0 unspecified atom stereocenters. The summed E-state index contributed by atoms with van der Waals surface area (Å²) < 4.78 is 0. The Labute approximate surface area is 126 Å². The molecule has 20 heavy (non-hydrogen) atoms. The zero-order valence-corrected chi connectivity index (χ0v) is 11.7. The zero-order chi connectivity index (χ0) is 14.7. The van der Waals surface area contributed by atoms with Gasteiger partial charge >= 0.3 is 7.12 Å². The average molecular weight is 310 g/mol. The molecule has 7 heteroatoms. The quantitative estimate of drug-likeness (QED) is 0.759. The van der Waals surface area contributed by atoms with Crippen molar-refractivity contribution >= 4 is 47.4 Å². The summed E-state index contributed by atoms with van der Waals surface area (Å²) in [6, 6.07) is 11.0. The maximum absolute atomic E-state index is 12.0. The zero-order valence-electron chi connectivity index (χ0n) is 10.2. The number of carbonyl (C=O) groups is 1. The number of carbonyl (C=O) groups excluding carboxylic acids is 1. The van der Waals surface area contributed by atoms with Crippen LogP contribution in [0.1, 0.15) is 10.4 Å². The monoisotopic (exact) mass is 309 g/mol. The van der Waals surface area contributed by atoms with Gasteiger partial charge in [0.2, 0.25) is 0 Å². The van der Waals surface area contributed by atoms with E-state index in [1.807, 2.05) is 0 Å². The molecule has 0 bridgehead atoms. The Morgan fingerprint density at radius 3 is 2.45 bits per heavy atom. The molecular formula is C13H10BCl2NO3. The molecule has 102 valence electrons. The van der Waals surface area contributed by atoms with E-state index < -0.39 is 7.12 Å². The number of benzene rings is 2. The predicted octanol–water partition coefficient (Wildman–Crippen LogP) is 1.93. The fraction of sp³-hybridized carbons (Fsp3) is 0. The van der Waals surface area contributed by atoms with Crippen molar-refractivity contribution < 1.29 is 14.8 Å². The maximum atomic E-state index is 12.0. The first-order valence-electron chi connectivity index (χ1n) is 5.70. The summed E-state index contributed by atoms with van der Waals surface area (Å²) in [6.07, 6.45) is 0. The summed E-state index contributed by atoms with van der Waals surface area (Å²) in [5.41, 5.74) is 1.01. The first-order valence-corrected chi connectivity index (χ1v) is 6.45. The second kappa shape index (κ2) is 6.28. The number of anilines is 1. The number of rotatable bonds is 3. The van der Waals surface area contributed by atoms with Crippen LogP contribution >= 0.6 is 23.2 Å². The summed E-state index contributed by atoms with van der Waals surface area (Å²) in [6.45, 7) is 0. The summed E-state index contributed by atoms with van der Waals surface area (Å²) in [4.78, 5) is 12.0. The van der Waals surface area contributed by atoms with Gasteiger partial charge in [-0.2, -0.15) is 0 Å². The number of nitrogens with one attached hydrogen (secondary N) is 1. The topological polar surface area (TPSA) is 69.6 Å². The van der Waals surface area contributed by atoms with Crippen LogP contribution < -0.4 is 10.8 Å². The second-order valence-electron chi connectivity index (χ2n) is 4.07. The highest BCUT2D eigenvalue weighted by Crippen LogP contribution is 2.16. The van der Waals surface area contributed by atoms with Gasteiger partial charge in [0.15, 0.2) is 0 Å². The maximum Gasteiger partial charge on any atom is 0.489 e. The molecule has 0 fully saturated rings. The van der Waals surface area contributed by atoms with Crippen LogP contribution in [0.25, 0.3) is 0 Å². The SMILES string of the molecule is O=C(Nc1cccc(Cl)c1)c1ccc(B(O)O)c(Cl)c1. The third-order valence-electron chi connectivity index (χ3n) is 2.62. The molecule has 1 amide bonds. The molecule has 0 radical (unpaired) electrons. The molecule has 2 aromatic carbocycles. The van der Waals surface area contributed by atoms with Crippen LogP contribution in [0.5, 0.6) is 0 Å². The van der Waals surface area contributed by atoms with E-state index in [4.69, 9.17) is 33.2 Å². The van der Waals surface area contributed by atoms with Crippen molar-refractivity contribution in [3.8, 4) is 0 Å². The number of amides is 1. The molecule has 0 saturated heterocycles. The van der Waals surface area contributed by atoms with Crippen molar-refractivity contribution in [1.29, 1.82) is 0 Å². The van der Waals surface area contributed by atoms with Gasteiger partial charge in [-0.3, -0.25) is 4.79 Å². The lowest BCUT2D eigenvalue weighted by molar-refractivity contribution is 0.102.